The number of likely N-dealkylation sites (N-methyl/N-ethyl adjacent to an activating group) is 1. The van der Waals surface area contributed by atoms with Gasteiger partial charge < -0.3 is 25.2 Å². The predicted molar refractivity (Wildman–Crippen MR) is 134 cm³/mol. The molecule has 1 aliphatic carbocycles. The summed E-state index contributed by atoms with van der Waals surface area (Å²) < 4.78 is 5.65. The average molecular weight is 495 g/mol. The van der Waals surface area contributed by atoms with Gasteiger partial charge in [0.15, 0.2) is 0 Å². The minimum atomic E-state index is -0.483. The van der Waals surface area contributed by atoms with Crippen LogP contribution in [0.4, 0.5) is 0 Å². The predicted octanol–water partition coefficient (Wildman–Crippen LogP) is 2.09. The van der Waals surface area contributed by atoms with E-state index in [2.05, 4.69) is 24.5 Å². The van der Waals surface area contributed by atoms with Gasteiger partial charge in [-0.25, -0.2) is 0 Å². The number of hydrogen-bond acceptors (Lipinski definition) is 5. The Bertz CT molecular complexity index is 714. The molecule has 6 atom stereocenters. The molecule has 1 saturated carbocycles. The number of likely N-dealkylation sites (tertiary alicyclic amines) is 1. The molecule has 2 rings (SSSR count). The van der Waals surface area contributed by atoms with Crippen molar-refractivity contribution in [2.24, 2.45) is 11.8 Å². The molecule has 0 radical (unpaired) electrons. The second-order valence-corrected chi connectivity index (χ2v) is 10.1. The molecular formula is C26H46N4O5. The molecule has 6 unspecified atom stereocenters. The first-order chi connectivity index (χ1) is 16.8. The summed E-state index contributed by atoms with van der Waals surface area (Å²) >= 11 is 0. The highest BCUT2D eigenvalue weighted by Crippen LogP contribution is 2.43. The zero-order valence-corrected chi connectivity index (χ0v) is 22.3. The maximum absolute atomic E-state index is 13.2. The number of methoxy groups -OCH3 is 1. The van der Waals surface area contributed by atoms with Gasteiger partial charge in [0, 0.05) is 33.2 Å². The van der Waals surface area contributed by atoms with Crippen LogP contribution in [0.5, 0.6) is 0 Å². The number of nitrogens with one attached hydrogen (secondary N) is 2. The fourth-order valence-corrected chi connectivity index (χ4v) is 5.90. The summed E-state index contributed by atoms with van der Waals surface area (Å²) in [5, 5.41) is 5.47. The summed E-state index contributed by atoms with van der Waals surface area (Å²) in [5.41, 5.74) is 0. The van der Waals surface area contributed by atoms with Gasteiger partial charge >= 0.3 is 0 Å². The first-order valence-corrected chi connectivity index (χ1v) is 13.3. The fourth-order valence-electron chi connectivity index (χ4n) is 5.90. The van der Waals surface area contributed by atoms with Crippen molar-refractivity contribution in [1.82, 2.24) is 20.4 Å². The third-order valence-electron chi connectivity index (χ3n) is 8.00. The summed E-state index contributed by atoms with van der Waals surface area (Å²) in [6.45, 7) is 6.80. The van der Waals surface area contributed by atoms with E-state index in [1.165, 1.54) is 0 Å². The van der Waals surface area contributed by atoms with Crippen LogP contribution in [0.1, 0.15) is 78.6 Å². The molecule has 4 amide bonds. The molecule has 2 aliphatic rings. The zero-order chi connectivity index (χ0) is 26.0. The lowest BCUT2D eigenvalue weighted by Gasteiger charge is -2.38. The second kappa shape index (κ2) is 14.4. The minimum Gasteiger partial charge on any atom is -0.379 e. The number of piperidine rings is 1. The van der Waals surface area contributed by atoms with Crippen LogP contribution in [0.3, 0.4) is 0 Å². The number of fused-ring (bicyclic) bond motifs is 2. The van der Waals surface area contributed by atoms with Crippen LogP contribution in [0, 0.1) is 11.8 Å². The van der Waals surface area contributed by atoms with Crippen molar-refractivity contribution in [3.8, 4) is 0 Å². The van der Waals surface area contributed by atoms with Crippen molar-refractivity contribution in [3.63, 3.8) is 0 Å². The standard InChI is InChI=1S/C26H46N4O5/c1-6-18(3)24(21(7-2)35-5)29(4)23(33)16-28-26(34)25-19-12-13-20(15-19)30(25)22(32)11-9-8-10-14-27-17-31/h17-21,24-25H,6-16H2,1-5H3,(H,27,31)(H,28,34). The topological polar surface area (TPSA) is 108 Å². The van der Waals surface area contributed by atoms with Crippen LogP contribution in [0.2, 0.25) is 0 Å². The van der Waals surface area contributed by atoms with Crippen molar-refractivity contribution < 1.29 is 23.9 Å². The van der Waals surface area contributed by atoms with Gasteiger partial charge in [0.1, 0.15) is 6.04 Å². The van der Waals surface area contributed by atoms with E-state index in [4.69, 9.17) is 4.74 Å². The summed E-state index contributed by atoms with van der Waals surface area (Å²) in [6.07, 6.45) is 7.91. The van der Waals surface area contributed by atoms with Gasteiger partial charge in [-0.3, -0.25) is 19.2 Å². The van der Waals surface area contributed by atoms with E-state index in [-0.39, 0.29) is 54.3 Å². The Kier molecular flexibility index (Phi) is 12.0. The molecular weight excluding hydrogens is 448 g/mol. The molecule has 1 aliphatic heterocycles. The van der Waals surface area contributed by atoms with Crippen molar-refractivity contribution in [3.05, 3.63) is 0 Å². The van der Waals surface area contributed by atoms with E-state index in [1.807, 2.05) is 6.92 Å². The van der Waals surface area contributed by atoms with E-state index >= 15 is 0 Å². The van der Waals surface area contributed by atoms with Gasteiger partial charge in [0.2, 0.25) is 24.1 Å². The molecule has 35 heavy (non-hydrogen) atoms. The van der Waals surface area contributed by atoms with Crippen LogP contribution < -0.4 is 10.6 Å². The Hall–Kier alpha value is -2.16. The maximum atomic E-state index is 13.2. The Balaban J connectivity index is 1.94. The molecule has 0 aromatic heterocycles. The molecule has 200 valence electrons. The SMILES string of the molecule is CCC(C)C(C(CC)OC)N(C)C(=O)CNC(=O)C1C2CCC(C2)N1C(=O)CCCCCNC=O. The molecule has 2 bridgehead atoms. The maximum Gasteiger partial charge on any atom is 0.243 e. The minimum absolute atomic E-state index is 0.0202. The number of hydrogen-bond donors (Lipinski definition) is 2. The van der Waals surface area contributed by atoms with Gasteiger partial charge in [0.05, 0.1) is 18.7 Å². The van der Waals surface area contributed by atoms with Crippen LogP contribution in [0.15, 0.2) is 0 Å². The van der Waals surface area contributed by atoms with Gasteiger partial charge in [-0.2, -0.15) is 0 Å². The Labute approximate surface area is 210 Å². The summed E-state index contributed by atoms with van der Waals surface area (Å²) in [7, 11) is 3.46. The quantitative estimate of drug-likeness (QED) is 0.252. The lowest BCUT2D eigenvalue weighted by molar-refractivity contribution is -0.144. The van der Waals surface area contributed by atoms with Gasteiger partial charge in [-0.1, -0.05) is 33.6 Å². The third kappa shape index (κ3) is 7.41. The number of nitrogens with zero attached hydrogens (tertiary/aromatic N) is 2. The summed E-state index contributed by atoms with van der Waals surface area (Å²) in [6, 6.07) is -0.425. The summed E-state index contributed by atoms with van der Waals surface area (Å²) in [4.78, 5) is 53.1. The highest BCUT2D eigenvalue weighted by atomic mass is 16.5. The van der Waals surface area contributed by atoms with E-state index in [9.17, 15) is 19.2 Å². The largest absolute Gasteiger partial charge is 0.379 e. The van der Waals surface area contributed by atoms with Gasteiger partial charge in [0.25, 0.3) is 0 Å². The van der Waals surface area contributed by atoms with Crippen LogP contribution in [0.25, 0.3) is 0 Å². The van der Waals surface area contributed by atoms with E-state index < -0.39 is 6.04 Å². The number of amides is 4. The molecule has 1 heterocycles. The molecule has 2 fully saturated rings. The first-order valence-electron chi connectivity index (χ1n) is 13.3. The number of rotatable bonds is 16. The number of carbonyl (C=O) groups excluding carboxylic acids is 4. The molecule has 0 aromatic rings. The zero-order valence-electron chi connectivity index (χ0n) is 22.3. The van der Waals surface area contributed by atoms with Gasteiger partial charge in [-0.05, 0) is 50.4 Å². The average Bonchev–Trinajstić information content (AvgIpc) is 3.48. The Morgan fingerprint density at radius 2 is 1.89 bits per heavy atom. The van der Waals surface area contributed by atoms with Gasteiger partial charge in [-0.15, -0.1) is 0 Å². The van der Waals surface area contributed by atoms with Crippen LogP contribution in [-0.4, -0.2) is 85.4 Å². The van der Waals surface area contributed by atoms with Crippen LogP contribution in [-0.2, 0) is 23.9 Å². The highest BCUT2D eigenvalue weighted by Gasteiger charge is 2.51. The van der Waals surface area contributed by atoms with Crippen molar-refractivity contribution in [1.29, 1.82) is 0 Å². The summed E-state index contributed by atoms with van der Waals surface area (Å²) in [5.74, 6) is 0.0779. The Morgan fingerprint density at radius 1 is 1.14 bits per heavy atom. The van der Waals surface area contributed by atoms with Crippen molar-refractivity contribution >= 4 is 24.1 Å². The van der Waals surface area contributed by atoms with E-state index in [0.29, 0.717) is 19.4 Å². The number of ether oxygens (including phenoxy) is 1. The third-order valence-corrected chi connectivity index (χ3v) is 8.00. The number of carbonyl (C=O) groups is 4. The molecule has 1 saturated heterocycles. The smallest absolute Gasteiger partial charge is 0.243 e. The van der Waals surface area contributed by atoms with Crippen molar-refractivity contribution in [2.75, 3.05) is 27.2 Å². The lowest BCUT2D eigenvalue weighted by Crippen LogP contribution is -2.55. The van der Waals surface area contributed by atoms with E-state index in [0.717, 1.165) is 51.4 Å². The second-order valence-electron chi connectivity index (χ2n) is 10.1. The molecule has 0 spiro atoms. The molecule has 9 heteroatoms. The molecule has 9 nitrogen and oxygen atoms in total. The highest BCUT2D eigenvalue weighted by molar-refractivity contribution is 5.91. The Morgan fingerprint density at radius 3 is 2.51 bits per heavy atom. The molecule has 0 aromatic carbocycles. The lowest BCUT2D eigenvalue weighted by atomic mass is 9.91. The van der Waals surface area contributed by atoms with Crippen molar-refractivity contribution in [2.45, 2.75) is 103 Å². The first kappa shape index (κ1) is 29.1. The molecule has 2 N–H and O–H groups in total. The number of unbranched alkanes of at least 4 members (excludes halogenated alkanes) is 2. The normalized spacial score (nSPS) is 23.5. The van der Waals surface area contributed by atoms with Crippen LogP contribution >= 0.6 is 0 Å². The monoisotopic (exact) mass is 494 g/mol. The van der Waals surface area contributed by atoms with E-state index in [1.54, 1.807) is 24.0 Å². The fraction of sp³-hybridized carbons (Fsp3) is 0.846.